The van der Waals surface area contributed by atoms with Crippen LogP contribution in [0.25, 0.3) is 0 Å². The van der Waals surface area contributed by atoms with Crippen LogP contribution >= 0.6 is 11.3 Å². The Kier molecular flexibility index (Phi) is 5.57. The lowest BCUT2D eigenvalue weighted by atomic mass is 10.1. The van der Waals surface area contributed by atoms with Gasteiger partial charge in [-0.1, -0.05) is 36.4 Å². The summed E-state index contributed by atoms with van der Waals surface area (Å²) in [4.78, 5) is 13.4. The Hall–Kier alpha value is -2.94. The van der Waals surface area contributed by atoms with E-state index in [0.717, 1.165) is 10.4 Å². The molecule has 2 aromatic carbocycles. The first-order valence-corrected chi connectivity index (χ1v) is 8.76. The van der Waals surface area contributed by atoms with Crippen LogP contribution in [0.5, 0.6) is 0 Å². The standard InChI is InChI=1S/C20H17N3OS/c21-13-15-8-10-17(11-9-15)23-19(24)14-22-20(18-7-4-12-25-18)16-5-2-1-3-6-16/h1-12,20,22H,14H2,(H,23,24)/t20-/m0/s1. The van der Waals surface area contributed by atoms with Crippen molar-refractivity contribution in [2.75, 3.05) is 11.9 Å². The van der Waals surface area contributed by atoms with E-state index in [0.29, 0.717) is 11.3 Å². The normalized spacial score (nSPS) is 11.5. The van der Waals surface area contributed by atoms with E-state index in [1.54, 1.807) is 35.6 Å². The Labute approximate surface area is 150 Å². The van der Waals surface area contributed by atoms with Crippen LogP contribution in [0.2, 0.25) is 0 Å². The third-order valence-electron chi connectivity index (χ3n) is 3.73. The summed E-state index contributed by atoms with van der Waals surface area (Å²) >= 11 is 1.66. The number of nitrogens with one attached hydrogen (secondary N) is 2. The molecule has 0 aliphatic heterocycles. The van der Waals surface area contributed by atoms with Crippen molar-refractivity contribution in [3.63, 3.8) is 0 Å². The lowest BCUT2D eigenvalue weighted by Gasteiger charge is -2.18. The van der Waals surface area contributed by atoms with E-state index < -0.39 is 0 Å². The molecule has 1 heterocycles. The summed E-state index contributed by atoms with van der Waals surface area (Å²) in [5.41, 5.74) is 2.37. The molecule has 4 nitrogen and oxygen atoms in total. The predicted molar refractivity (Wildman–Crippen MR) is 100 cm³/mol. The first-order chi connectivity index (χ1) is 12.3. The molecule has 3 aromatic rings. The number of nitriles is 1. The zero-order valence-electron chi connectivity index (χ0n) is 13.5. The van der Waals surface area contributed by atoms with Crippen LogP contribution in [0.3, 0.4) is 0 Å². The molecule has 0 radical (unpaired) electrons. The first kappa shape index (κ1) is 16.9. The van der Waals surface area contributed by atoms with Crippen molar-refractivity contribution in [1.29, 1.82) is 5.26 Å². The molecule has 0 aliphatic carbocycles. The summed E-state index contributed by atoms with van der Waals surface area (Å²) in [6, 6.07) is 23.0. The molecule has 5 heteroatoms. The minimum Gasteiger partial charge on any atom is -0.325 e. The van der Waals surface area contributed by atoms with E-state index in [-0.39, 0.29) is 18.5 Å². The van der Waals surface area contributed by atoms with Crippen LogP contribution in [0.4, 0.5) is 5.69 Å². The van der Waals surface area contributed by atoms with Crippen LogP contribution in [-0.4, -0.2) is 12.5 Å². The Morgan fingerprint density at radius 2 is 1.80 bits per heavy atom. The minimum absolute atomic E-state index is 0.0204. The molecule has 0 bridgehead atoms. The van der Waals surface area contributed by atoms with Gasteiger partial charge in [-0.2, -0.15) is 5.26 Å². The second-order valence-electron chi connectivity index (χ2n) is 5.48. The molecule has 3 rings (SSSR count). The third kappa shape index (κ3) is 4.54. The maximum atomic E-state index is 12.2. The highest BCUT2D eigenvalue weighted by Crippen LogP contribution is 2.25. The minimum atomic E-state index is -0.123. The zero-order chi connectivity index (χ0) is 17.5. The molecule has 2 N–H and O–H groups in total. The van der Waals surface area contributed by atoms with Crippen molar-refractivity contribution in [2.45, 2.75) is 6.04 Å². The SMILES string of the molecule is N#Cc1ccc(NC(=O)CN[C@@H](c2ccccc2)c2cccs2)cc1. The lowest BCUT2D eigenvalue weighted by Crippen LogP contribution is -2.31. The van der Waals surface area contributed by atoms with Gasteiger partial charge in [-0.15, -0.1) is 11.3 Å². The second kappa shape index (κ2) is 8.25. The van der Waals surface area contributed by atoms with Gasteiger partial charge in [0.1, 0.15) is 0 Å². The molecular weight excluding hydrogens is 330 g/mol. The molecule has 0 unspecified atom stereocenters. The molecule has 124 valence electrons. The van der Waals surface area contributed by atoms with Crippen molar-refractivity contribution in [3.8, 4) is 6.07 Å². The summed E-state index contributed by atoms with van der Waals surface area (Å²) in [7, 11) is 0. The molecule has 1 amide bonds. The number of carbonyl (C=O) groups is 1. The highest BCUT2D eigenvalue weighted by Gasteiger charge is 2.15. The van der Waals surface area contributed by atoms with Crippen LogP contribution in [0, 0.1) is 11.3 Å². The van der Waals surface area contributed by atoms with Crippen molar-refractivity contribution < 1.29 is 4.79 Å². The van der Waals surface area contributed by atoms with Gasteiger partial charge in [0.2, 0.25) is 5.91 Å². The fourth-order valence-electron chi connectivity index (χ4n) is 2.51. The maximum absolute atomic E-state index is 12.2. The van der Waals surface area contributed by atoms with Crippen LogP contribution in [-0.2, 0) is 4.79 Å². The van der Waals surface area contributed by atoms with Gasteiger partial charge in [-0.05, 0) is 41.3 Å². The van der Waals surface area contributed by atoms with Crippen LogP contribution in [0.1, 0.15) is 22.0 Å². The predicted octanol–water partition coefficient (Wildman–Crippen LogP) is 3.94. The summed E-state index contributed by atoms with van der Waals surface area (Å²) in [5, 5.41) is 17.0. The van der Waals surface area contributed by atoms with Crippen molar-refractivity contribution in [3.05, 3.63) is 88.1 Å². The van der Waals surface area contributed by atoms with E-state index in [1.807, 2.05) is 29.6 Å². The van der Waals surface area contributed by atoms with Crippen molar-refractivity contribution in [2.24, 2.45) is 0 Å². The van der Waals surface area contributed by atoms with E-state index in [4.69, 9.17) is 5.26 Å². The average molecular weight is 347 g/mol. The highest BCUT2D eigenvalue weighted by molar-refractivity contribution is 7.10. The Balaban J connectivity index is 1.64. The van der Waals surface area contributed by atoms with Gasteiger partial charge in [0.25, 0.3) is 0 Å². The number of amides is 1. The summed E-state index contributed by atoms with van der Waals surface area (Å²) in [5.74, 6) is -0.123. The zero-order valence-corrected chi connectivity index (χ0v) is 14.3. The van der Waals surface area contributed by atoms with Gasteiger partial charge in [0.05, 0.1) is 24.2 Å². The summed E-state index contributed by atoms with van der Waals surface area (Å²) in [6.45, 7) is 0.192. The number of anilines is 1. The Morgan fingerprint density at radius 1 is 1.04 bits per heavy atom. The maximum Gasteiger partial charge on any atom is 0.238 e. The van der Waals surface area contributed by atoms with Gasteiger partial charge >= 0.3 is 0 Å². The van der Waals surface area contributed by atoms with Gasteiger partial charge in [-0.25, -0.2) is 0 Å². The Bertz CT molecular complexity index is 852. The molecule has 0 fully saturated rings. The lowest BCUT2D eigenvalue weighted by molar-refractivity contribution is -0.115. The monoisotopic (exact) mass is 347 g/mol. The number of hydrogen-bond donors (Lipinski definition) is 2. The molecule has 1 aromatic heterocycles. The number of nitrogens with zero attached hydrogens (tertiary/aromatic N) is 1. The number of rotatable bonds is 6. The molecule has 25 heavy (non-hydrogen) atoms. The molecular formula is C20H17N3OS. The molecule has 1 atom stereocenters. The van der Waals surface area contributed by atoms with Gasteiger partial charge < -0.3 is 5.32 Å². The summed E-state index contributed by atoms with van der Waals surface area (Å²) in [6.07, 6.45) is 0. The highest BCUT2D eigenvalue weighted by atomic mass is 32.1. The topological polar surface area (TPSA) is 64.9 Å². The van der Waals surface area contributed by atoms with Crippen molar-refractivity contribution in [1.82, 2.24) is 5.32 Å². The fourth-order valence-corrected chi connectivity index (χ4v) is 3.34. The third-order valence-corrected chi connectivity index (χ3v) is 4.66. The number of benzene rings is 2. The van der Waals surface area contributed by atoms with Gasteiger partial charge in [0.15, 0.2) is 0 Å². The van der Waals surface area contributed by atoms with Crippen LogP contribution < -0.4 is 10.6 Å². The molecule has 0 saturated heterocycles. The largest absolute Gasteiger partial charge is 0.325 e. The van der Waals surface area contributed by atoms with Gasteiger partial charge in [0, 0.05) is 10.6 Å². The van der Waals surface area contributed by atoms with Gasteiger partial charge in [-0.3, -0.25) is 10.1 Å². The molecule has 0 spiro atoms. The first-order valence-electron chi connectivity index (χ1n) is 7.88. The van der Waals surface area contributed by atoms with E-state index in [9.17, 15) is 4.79 Å². The summed E-state index contributed by atoms with van der Waals surface area (Å²) < 4.78 is 0. The number of thiophene rings is 1. The van der Waals surface area contributed by atoms with Crippen molar-refractivity contribution >= 4 is 22.9 Å². The molecule has 0 aliphatic rings. The fraction of sp³-hybridized carbons (Fsp3) is 0.100. The average Bonchev–Trinajstić information content (AvgIpc) is 3.18. The van der Waals surface area contributed by atoms with E-state index in [1.165, 1.54) is 0 Å². The number of carbonyl (C=O) groups excluding carboxylic acids is 1. The Morgan fingerprint density at radius 3 is 2.44 bits per heavy atom. The van der Waals surface area contributed by atoms with E-state index >= 15 is 0 Å². The quantitative estimate of drug-likeness (QED) is 0.710. The molecule has 0 saturated carbocycles. The van der Waals surface area contributed by atoms with Crippen LogP contribution in [0.15, 0.2) is 72.1 Å². The van der Waals surface area contributed by atoms with E-state index in [2.05, 4.69) is 34.9 Å². The number of hydrogen-bond acceptors (Lipinski definition) is 4. The second-order valence-corrected chi connectivity index (χ2v) is 6.46. The smallest absolute Gasteiger partial charge is 0.238 e.